The number of ether oxygens (including phenoxy) is 1. The predicted molar refractivity (Wildman–Crippen MR) is 116 cm³/mol. The first-order chi connectivity index (χ1) is 14.2. The first-order valence-electron chi connectivity index (χ1n) is 10.5. The highest BCUT2D eigenvalue weighted by Crippen LogP contribution is 2.36. The third-order valence-electron chi connectivity index (χ3n) is 4.58. The Hall–Kier alpha value is -2.45. The number of nitrogens with zero attached hydrogens (tertiary/aromatic N) is 2. The van der Waals surface area contributed by atoms with Crippen molar-refractivity contribution in [1.82, 2.24) is 15.5 Å². The number of carbonyl (C=O) groups is 1. The van der Waals surface area contributed by atoms with E-state index in [1.807, 2.05) is 20.8 Å². The van der Waals surface area contributed by atoms with Crippen molar-refractivity contribution in [1.29, 1.82) is 0 Å². The Bertz CT molecular complexity index is 800. The van der Waals surface area contributed by atoms with Crippen LogP contribution in [-0.4, -0.2) is 45.9 Å². The minimum absolute atomic E-state index is 0.0135. The fourth-order valence-electron chi connectivity index (χ4n) is 2.94. The van der Waals surface area contributed by atoms with E-state index in [0.717, 1.165) is 25.7 Å². The number of aliphatic hydroxyl groups is 1. The van der Waals surface area contributed by atoms with Crippen LogP contribution in [0.3, 0.4) is 0 Å². The molecule has 0 radical (unpaired) electrons. The molecule has 1 heterocycles. The number of ketones is 1. The molecule has 30 heavy (non-hydrogen) atoms. The highest BCUT2D eigenvalue weighted by Gasteiger charge is 2.20. The Morgan fingerprint density at radius 3 is 2.70 bits per heavy atom. The molecule has 0 spiro atoms. The minimum Gasteiger partial charge on any atom is -0.488 e. The normalized spacial score (nSPS) is 12.7. The van der Waals surface area contributed by atoms with Crippen molar-refractivity contribution >= 4 is 11.5 Å². The number of carbonyl (C=O) groups excluding carboxylic acids is 1. The Morgan fingerprint density at radius 2 is 2.07 bits per heavy atom. The lowest BCUT2D eigenvalue weighted by Gasteiger charge is -2.23. The van der Waals surface area contributed by atoms with Crippen molar-refractivity contribution in [3.05, 3.63) is 24.1 Å². The van der Waals surface area contributed by atoms with Gasteiger partial charge in [0, 0.05) is 24.1 Å². The zero-order valence-electron chi connectivity index (χ0n) is 18.4. The van der Waals surface area contributed by atoms with Crippen LogP contribution in [0.25, 0.3) is 11.5 Å². The quantitative estimate of drug-likeness (QED) is 0.271. The second kappa shape index (κ2) is 11.1. The number of benzene rings is 1. The number of Topliss-reactive ketones (excluding diaryl/α,β-unsaturated/α-hetero) is 1. The minimum atomic E-state index is -0.737. The lowest BCUT2D eigenvalue weighted by Crippen LogP contribution is -2.42. The van der Waals surface area contributed by atoms with Gasteiger partial charge in [0.15, 0.2) is 11.5 Å². The van der Waals surface area contributed by atoms with Crippen molar-refractivity contribution < 1.29 is 19.1 Å². The van der Waals surface area contributed by atoms with Gasteiger partial charge in [0.05, 0.1) is 11.3 Å². The number of anilines is 1. The summed E-state index contributed by atoms with van der Waals surface area (Å²) in [5, 5.41) is 21.1. The molecule has 1 aromatic carbocycles. The number of nitrogen functional groups attached to an aromatic ring is 1. The standard InChI is InChI=1S/C22H34N4O4/c1-5-6-7-8-9-19(28)15-10-17(21-26-25-14-30-21)20(18(23)11-15)29-13-16(27)12-24-22(2,3)4/h10-11,14,16,24,27H,5-9,12-13,23H2,1-4H3. The van der Waals surface area contributed by atoms with E-state index in [1.54, 1.807) is 12.1 Å². The summed E-state index contributed by atoms with van der Waals surface area (Å²) in [4.78, 5) is 12.6. The summed E-state index contributed by atoms with van der Waals surface area (Å²) in [6, 6.07) is 3.28. The molecule has 0 saturated heterocycles. The van der Waals surface area contributed by atoms with Gasteiger partial charge in [-0.15, -0.1) is 10.2 Å². The lowest BCUT2D eigenvalue weighted by molar-refractivity contribution is 0.0976. The van der Waals surface area contributed by atoms with Crippen LogP contribution in [-0.2, 0) is 0 Å². The van der Waals surface area contributed by atoms with Crippen LogP contribution in [0.5, 0.6) is 5.75 Å². The average Bonchev–Trinajstić information content (AvgIpc) is 3.22. The molecule has 2 rings (SSSR count). The zero-order chi connectivity index (χ0) is 22.1. The van der Waals surface area contributed by atoms with E-state index >= 15 is 0 Å². The predicted octanol–water partition coefficient (Wildman–Crippen LogP) is 3.60. The fourth-order valence-corrected chi connectivity index (χ4v) is 2.94. The molecule has 1 aromatic heterocycles. The number of unbranched alkanes of at least 4 members (excludes halogenated alkanes) is 3. The van der Waals surface area contributed by atoms with E-state index in [9.17, 15) is 9.90 Å². The lowest BCUT2D eigenvalue weighted by atomic mass is 10.0. The SMILES string of the molecule is CCCCCCC(=O)c1cc(N)c(OCC(O)CNC(C)(C)C)c(-c2nnco2)c1. The molecule has 1 atom stereocenters. The molecule has 0 fully saturated rings. The van der Waals surface area contributed by atoms with Crippen LogP contribution in [0.15, 0.2) is 22.9 Å². The fraction of sp³-hybridized carbons (Fsp3) is 0.591. The molecule has 0 amide bonds. The van der Waals surface area contributed by atoms with E-state index in [1.165, 1.54) is 6.39 Å². The Labute approximate surface area is 178 Å². The van der Waals surface area contributed by atoms with Crippen molar-refractivity contribution in [2.75, 3.05) is 18.9 Å². The van der Waals surface area contributed by atoms with Crippen molar-refractivity contribution in [2.45, 2.75) is 71.4 Å². The topological polar surface area (TPSA) is 124 Å². The molecular weight excluding hydrogens is 384 g/mol. The summed E-state index contributed by atoms with van der Waals surface area (Å²) in [7, 11) is 0. The van der Waals surface area contributed by atoms with Crippen molar-refractivity contribution in [3.63, 3.8) is 0 Å². The summed E-state index contributed by atoms with van der Waals surface area (Å²) in [6.07, 6.45) is 5.02. The van der Waals surface area contributed by atoms with Gasteiger partial charge in [-0.3, -0.25) is 4.79 Å². The number of nitrogens with two attached hydrogens (primary N) is 1. The van der Waals surface area contributed by atoms with Crippen LogP contribution in [0.4, 0.5) is 5.69 Å². The largest absolute Gasteiger partial charge is 0.488 e. The van der Waals surface area contributed by atoms with Gasteiger partial charge in [0.2, 0.25) is 6.39 Å². The second-order valence-electron chi connectivity index (χ2n) is 8.52. The van der Waals surface area contributed by atoms with E-state index < -0.39 is 6.10 Å². The van der Waals surface area contributed by atoms with Crippen LogP contribution in [0.1, 0.15) is 70.2 Å². The smallest absolute Gasteiger partial charge is 0.251 e. The number of β-amino-alcohol motifs (C(OH)–C–C–N with tert-alkyl or cyclic N) is 1. The average molecular weight is 419 g/mol. The number of hydrogen-bond acceptors (Lipinski definition) is 8. The summed E-state index contributed by atoms with van der Waals surface area (Å²) >= 11 is 0. The third kappa shape index (κ3) is 7.42. The first kappa shape index (κ1) is 23.8. The molecule has 2 aromatic rings. The molecular formula is C22H34N4O4. The van der Waals surface area contributed by atoms with Gasteiger partial charge in [-0.25, -0.2) is 0 Å². The number of hydrogen-bond donors (Lipinski definition) is 3. The molecule has 0 aliphatic rings. The van der Waals surface area contributed by atoms with Gasteiger partial charge in [0.1, 0.15) is 12.7 Å². The van der Waals surface area contributed by atoms with E-state index in [0.29, 0.717) is 35.5 Å². The summed E-state index contributed by atoms with van der Waals surface area (Å²) < 4.78 is 11.1. The number of aromatic nitrogens is 2. The Balaban J connectivity index is 2.16. The monoisotopic (exact) mass is 418 g/mol. The highest BCUT2D eigenvalue weighted by atomic mass is 16.5. The molecule has 0 bridgehead atoms. The molecule has 0 saturated carbocycles. The van der Waals surface area contributed by atoms with Gasteiger partial charge in [-0.2, -0.15) is 0 Å². The maximum atomic E-state index is 12.6. The Morgan fingerprint density at radius 1 is 1.30 bits per heavy atom. The van der Waals surface area contributed by atoms with E-state index in [4.69, 9.17) is 14.9 Å². The van der Waals surface area contributed by atoms with Gasteiger partial charge in [-0.1, -0.05) is 26.2 Å². The van der Waals surface area contributed by atoms with Gasteiger partial charge < -0.3 is 25.3 Å². The van der Waals surface area contributed by atoms with Gasteiger partial charge >= 0.3 is 0 Å². The number of rotatable bonds is 12. The van der Waals surface area contributed by atoms with E-state index in [2.05, 4.69) is 22.4 Å². The Kier molecular flexibility index (Phi) is 8.80. The van der Waals surface area contributed by atoms with Crippen LogP contribution in [0, 0.1) is 0 Å². The molecule has 8 nitrogen and oxygen atoms in total. The first-order valence-corrected chi connectivity index (χ1v) is 10.5. The molecule has 8 heteroatoms. The van der Waals surface area contributed by atoms with Gasteiger partial charge in [-0.05, 0) is 39.3 Å². The maximum absolute atomic E-state index is 12.6. The van der Waals surface area contributed by atoms with E-state index in [-0.39, 0.29) is 23.8 Å². The van der Waals surface area contributed by atoms with Crippen LogP contribution >= 0.6 is 0 Å². The van der Waals surface area contributed by atoms with Crippen molar-refractivity contribution in [3.8, 4) is 17.2 Å². The summed E-state index contributed by atoms with van der Waals surface area (Å²) in [5.74, 6) is 0.538. The zero-order valence-corrected chi connectivity index (χ0v) is 18.4. The van der Waals surface area contributed by atoms with Crippen LogP contribution < -0.4 is 15.8 Å². The molecule has 166 valence electrons. The second-order valence-corrected chi connectivity index (χ2v) is 8.52. The number of nitrogens with one attached hydrogen (secondary N) is 1. The third-order valence-corrected chi connectivity index (χ3v) is 4.58. The number of aliphatic hydroxyl groups excluding tert-OH is 1. The van der Waals surface area contributed by atoms with Gasteiger partial charge in [0.25, 0.3) is 5.89 Å². The molecule has 0 aliphatic carbocycles. The highest BCUT2D eigenvalue weighted by molar-refractivity contribution is 5.99. The molecule has 1 unspecified atom stereocenters. The summed E-state index contributed by atoms with van der Waals surface area (Å²) in [6.45, 7) is 8.58. The summed E-state index contributed by atoms with van der Waals surface area (Å²) in [5.41, 5.74) is 7.31. The maximum Gasteiger partial charge on any atom is 0.251 e. The van der Waals surface area contributed by atoms with Crippen LogP contribution in [0.2, 0.25) is 0 Å². The molecule has 0 aliphatic heterocycles. The molecule has 4 N–H and O–H groups in total. The van der Waals surface area contributed by atoms with Crippen molar-refractivity contribution in [2.24, 2.45) is 0 Å².